The minimum atomic E-state index is 0.0227. The van der Waals surface area contributed by atoms with E-state index in [0.717, 1.165) is 11.3 Å². The molecule has 0 fully saturated rings. The van der Waals surface area contributed by atoms with Crippen molar-refractivity contribution in [2.45, 2.75) is 6.92 Å². The fourth-order valence-corrected chi connectivity index (χ4v) is 1.60. The van der Waals surface area contributed by atoms with Crippen LogP contribution in [0.25, 0.3) is 6.08 Å². The maximum Gasteiger partial charge on any atom is 0.212 e. The minimum Gasteiger partial charge on any atom is -0.504 e. The van der Waals surface area contributed by atoms with Crippen LogP contribution in [-0.2, 0) is 4.79 Å². The first-order valence-electron chi connectivity index (χ1n) is 4.89. The Bertz CT molecular complexity index is 399. The summed E-state index contributed by atoms with van der Waals surface area (Å²) >= 11 is 1.26. The van der Waals surface area contributed by atoms with Crippen LogP contribution in [0.1, 0.15) is 12.5 Å². The fraction of sp³-hybridized carbons (Fsp3) is 0.250. The highest BCUT2D eigenvalue weighted by Gasteiger charge is 2.01. The number of carbonyl (C=O) groups is 1. The van der Waals surface area contributed by atoms with Crippen LogP contribution in [0.4, 0.5) is 0 Å². The van der Waals surface area contributed by atoms with Crippen LogP contribution >= 0.6 is 11.8 Å². The summed E-state index contributed by atoms with van der Waals surface area (Å²) in [5.74, 6) is 1.26. The van der Waals surface area contributed by atoms with Gasteiger partial charge in [0.15, 0.2) is 11.5 Å². The second-order valence-corrected chi connectivity index (χ2v) is 4.29. The lowest BCUT2D eigenvalue weighted by atomic mass is 10.2. The van der Waals surface area contributed by atoms with E-state index in [1.165, 1.54) is 31.0 Å². The summed E-state index contributed by atoms with van der Waals surface area (Å²) in [6.07, 6.45) is 3.22. The molecule has 0 saturated heterocycles. The Kier molecular flexibility index (Phi) is 4.92. The summed E-state index contributed by atoms with van der Waals surface area (Å²) in [6.45, 7) is 1.93. The van der Waals surface area contributed by atoms with Crippen LogP contribution in [0.15, 0.2) is 24.3 Å². The number of rotatable bonds is 4. The zero-order valence-corrected chi connectivity index (χ0v) is 10.1. The first-order valence-corrected chi connectivity index (χ1v) is 5.87. The topological polar surface area (TPSA) is 46.5 Å². The molecule has 0 aliphatic carbocycles. The van der Waals surface area contributed by atoms with Gasteiger partial charge < -0.3 is 9.84 Å². The van der Waals surface area contributed by atoms with E-state index < -0.39 is 0 Å². The van der Waals surface area contributed by atoms with Crippen molar-refractivity contribution >= 4 is 23.0 Å². The van der Waals surface area contributed by atoms with Crippen LogP contribution in [0.5, 0.6) is 11.5 Å². The Morgan fingerprint density at radius 3 is 2.94 bits per heavy atom. The third-order valence-corrected chi connectivity index (χ3v) is 2.61. The zero-order valence-electron chi connectivity index (χ0n) is 9.27. The molecule has 0 heterocycles. The molecule has 1 aromatic rings. The molecule has 0 bridgehead atoms. The molecular weight excluding hydrogens is 224 g/mol. The number of hydrogen-bond donors (Lipinski definition) is 1. The minimum absolute atomic E-state index is 0.0227. The summed E-state index contributed by atoms with van der Waals surface area (Å²) < 4.78 is 4.97. The van der Waals surface area contributed by atoms with E-state index in [0.29, 0.717) is 5.75 Å². The molecule has 0 saturated carbocycles. The Hall–Kier alpha value is -1.42. The van der Waals surface area contributed by atoms with Crippen molar-refractivity contribution in [3.63, 3.8) is 0 Å². The second kappa shape index (κ2) is 6.23. The predicted molar refractivity (Wildman–Crippen MR) is 66.8 cm³/mol. The van der Waals surface area contributed by atoms with Gasteiger partial charge in [-0.25, -0.2) is 0 Å². The van der Waals surface area contributed by atoms with Gasteiger partial charge in [-0.3, -0.25) is 4.79 Å². The number of ether oxygens (including phenoxy) is 1. The highest BCUT2D eigenvalue weighted by atomic mass is 32.2. The van der Waals surface area contributed by atoms with Gasteiger partial charge in [-0.15, -0.1) is 0 Å². The molecule has 1 N–H and O–H groups in total. The molecule has 16 heavy (non-hydrogen) atoms. The average molecular weight is 238 g/mol. The van der Waals surface area contributed by atoms with Gasteiger partial charge in [0, 0.05) is 0 Å². The van der Waals surface area contributed by atoms with Crippen molar-refractivity contribution in [3.05, 3.63) is 29.8 Å². The van der Waals surface area contributed by atoms with Gasteiger partial charge in [0.1, 0.15) is 0 Å². The van der Waals surface area contributed by atoms with Crippen molar-refractivity contribution in [2.24, 2.45) is 0 Å². The predicted octanol–water partition coefficient (Wildman–Crippen LogP) is 2.69. The van der Waals surface area contributed by atoms with Gasteiger partial charge in [-0.1, -0.05) is 30.8 Å². The first kappa shape index (κ1) is 12.6. The summed E-state index contributed by atoms with van der Waals surface area (Å²) in [7, 11) is 1.49. The average Bonchev–Trinajstić information content (AvgIpc) is 2.28. The van der Waals surface area contributed by atoms with Gasteiger partial charge in [-0.2, -0.15) is 0 Å². The molecule has 0 atom stereocenters. The fourth-order valence-electron chi connectivity index (χ4n) is 1.15. The Labute approximate surface area is 99.1 Å². The van der Waals surface area contributed by atoms with Crippen molar-refractivity contribution in [2.75, 3.05) is 12.9 Å². The van der Waals surface area contributed by atoms with Crippen LogP contribution in [-0.4, -0.2) is 23.1 Å². The van der Waals surface area contributed by atoms with E-state index in [9.17, 15) is 9.90 Å². The van der Waals surface area contributed by atoms with Crippen molar-refractivity contribution in [1.82, 2.24) is 0 Å². The van der Waals surface area contributed by atoms with E-state index in [-0.39, 0.29) is 10.9 Å². The van der Waals surface area contributed by atoms with Crippen LogP contribution in [0.2, 0.25) is 0 Å². The Morgan fingerprint density at radius 2 is 2.31 bits per heavy atom. The number of carbonyl (C=O) groups excluding carboxylic acids is 1. The molecule has 1 aromatic carbocycles. The zero-order chi connectivity index (χ0) is 12.0. The molecule has 0 unspecified atom stereocenters. The molecule has 0 aliphatic heterocycles. The molecule has 0 radical (unpaired) electrons. The smallest absolute Gasteiger partial charge is 0.212 e. The van der Waals surface area contributed by atoms with E-state index in [1.807, 2.05) is 6.92 Å². The summed E-state index contributed by atoms with van der Waals surface area (Å²) in [5, 5.41) is 9.40. The van der Waals surface area contributed by atoms with Crippen LogP contribution < -0.4 is 4.74 Å². The molecule has 0 aromatic heterocycles. The molecule has 86 valence electrons. The highest BCUT2D eigenvalue weighted by molar-refractivity contribution is 8.14. The number of phenolic OH excluding ortho intramolecular Hbond substituents is 1. The number of methoxy groups -OCH3 is 1. The standard InChI is InChI=1S/C12H14O3S/c1-3-16-12(14)7-5-9-4-6-10(13)11(8-9)15-2/h4-8,13H,3H2,1-2H3/b7-5+. The molecule has 0 spiro atoms. The largest absolute Gasteiger partial charge is 0.504 e. The van der Waals surface area contributed by atoms with Crippen molar-refractivity contribution in [3.8, 4) is 11.5 Å². The molecular formula is C12H14O3S. The maximum absolute atomic E-state index is 11.2. The van der Waals surface area contributed by atoms with Crippen LogP contribution in [0.3, 0.4) is 0 Å². The lowest BCUT2D eigenvalue weighted by molar-refractivity contribution is -0.106. The molecule has 0 amide bonds. The number of benzene rings is 1. The molecule has 3 nitrogen and oxygen atoms in total. The van der Waals surface area contributed by atoms with Crippen molar-refractivity contribution < 1.29 is 14.6 Å². The van der Waals surface area contributed by atoms with E-state index in [1.54, 1.807) is 18.2 Å². The van der Waals surface area contributed by atoms with Crippen molar-refractivity contribution in [1.29, 1.82) is 0 Å². The number of hydrogen-bond acceptors (Lipinski definition) is 4. The Morgan fingerprint density at radius 1 is 1.56 bits per heavy atom. The molecule has 0 aliphatic rings. The third-order valence-electron chi connectivity index (χ3n) is 1.90. The van der Waals surface area contributed by atoms with Gasteiger partial charge in [0.25, 0.3) is 0 Å². The lowest BCUT2D eigenvalue weighted by Gasteiger charge is -2.03. The van der Waals surface area contributed by atoms with Crippen LogP contribution in [0, 0.1) is 0 Å². The van der Waals surface area contributed by atoms with Gasteiger partial charge >= 0.3 is 0 Å². The number of phenols is 1. The number of aromatic hydroxyl groups is 1. The summed E-state index contributed by atoms with van der Waals surface area (Å²) in [6, 6.07) is 4.93. The van der Waals surface area contributed by atoms with Gasteiger partial charge in [0.05, 0.1) is 7.11 Å². The summed E-state index contributed by atoms with van der Waals surface area (Å²) in [4.78, 5) is 11.2. The van der Waals surface area contributed by atoms with Gasteiger partial charge in [0.2, 0.25) is 5.12 Å². The lowest BCUT2D eigenvalue weighted by Crippen LogP contribution is -1.86. The molecule has 1 rings (SSSR count). The number of thioether (sulfide) groups is 1. The SMILES string of the molecule is CCSC(=O)/C=C/c1ccc(O)c(OC)c1. The summed E-state index contributed by atoms with van der Waals surface area (Å²) in [5.41, 5.74) is 0.819. The Balaban J connectivity index is 2.78. The second-order valence-electron chi connectivity index (χ2n) is 3.02. The first-order chi connectivity index (χ1) is 7.67. The third kappa shape index (κ3) is 3.62. The monoisotopic (exact) mass is 238 g/mol. The normalized spacial score (nSPS) is 10.6. The molecule has 4 heteroatoms. The van der Waals surface area contributed by atoms with E-state index in [4.69, 9.17) is 4.74 Å². The van der Waals surface area contributed by atoms with E-state index >= 15 is 0 Å². The van der Waals surface area contributed by atoms with Gasteiger partial charge in [-0.05, 0) is 29.5 Å². The van der Waals surface area contributed by atoms with E-state index in [2.05, 4.69) is 0 Å². The maximum atomic E-state index is 11.2. The highest BCUT2D eigenvalue weighted by Crippen LogP contribution is 2.26. The quantitative estimate of drug-likeness (QED) is 0.819.